The van der Waals surface area contributed by atoms with Crippen molar-refractivity contribution in [1.29, 1.82) is 0 Å². The first-order valence-corrected chi connectivity index (χ1v) is 20.9. The van der Waals surface area contributed by atoms with E-state index in [2.05, 4.69) is 31.0 Å². The Morgan fingerprint density at radius 1 is 0.951 bits per heavy atom. The molecule has 3 N–H and O–H groups in total. The molecule has 3 saturated heterocycles. The molecular formula is C41H47ClF3N11O5. The molecule has 1 saturated carbocycles. The van der Waals surface area contributed by atoms with Crippen LogP contribution in [0.4, 0.5) is 24.5 Å². The number of likely N-dealkylation sites (tertiary alicyclic amines) is 1. The Labute approximate surface area is 354 Å². The molecule has 16 nitrogen and oxygen atoms in total. The lowest BCUT2D eigenvalue weighted by molar-refractivity contribution is -0.931. The van der Waals surface area contributed by atoms with E-state index in [1.165, 1.54) is 42.2 Å². The number of amides is 3. The largest absolute Gasteiger partial charge is 0.544 e. The van der Waals surface area contributed by atoms with E-state index in [1.807, 2.05) is 0 Å². The van der Waals surface area contributed by atoms with E-state index in [4.69, 9.17) is 11.6 Å². The van der Waals surface area contributed by atoms with Crippen molar-refractivity contribution in [3.05, 3.63) is 71.0 Å². The third-order valence-corrected chi connectivity index (χ3v) is 12.8. The minimum atomic E-state index is -4.82. The molecule has 0 unspecified atom stereocenters. The van der Waals surface area contributed by atoms with Gasteiger partial charge in [0.1, 0.15) is 6.54 Å². The molecule has 6 heterocycles. The molecule has 4 aliphatic rings. The summed E-state index contributed by atoms with van der Waals surface area (Å²) in [6.45, 7) is 4.97. The molecular weight excluding hydrogens is 819 g/mol. The molecule has 324 valence electrons. The van der Waals surface area contributed by atoms with E-state index in [0.29, 0.717) is 68.6 Å². The number of carbonyl (C=O) groups is 4. The van der Waals surface area contributed by atoms with Gasteiger partial charge in [0.2, 0.25) is 5.91 Å². The Balaban J connectivity index is 0.871. The zero-order chi connectivity index (χ0) is 43.1. The second-order valence-corrected chi connectivity index (χ2v) is 17.0. The van der Waals surface area contributed by atoms with Crippen molar-refractivity contribution in [3.63, 3.8) is 0 Å². The fourth-order valence-corrected chi connectivity index (χ4v) is 8.99. The number of rotatable bonds is 12. The molecule has 4 aromatic rings. The number of carboxylic acids is 1. The SMILES string of the molecule is Cn1c(-c2cn(-c3ccc(NC4CCC4)cn3)nc2C(F)(F)F)cnc1C(=O)Nc1ccc(C(=O)N2CCN(C(=O)C3CC[N+](CC(=O)[O-])(CC4CNC4)CC3)CC2)c(Cl)c1. The monoisotopic (exact) mass is 865 g/mol. The number of quaternary nitrogens is 1. The number of benzene rings is 1. The van der Waals surface area contributed by atoms with Crippen LogP contribution in [0.2, 0.25) is 5.02 Å². The molecule has 8 rings (SSSR count). The maximum absolute atomic E-state index is 14.3. The summed E-state index contributed by atoms with van der Waals surface area (Å²) in [5.41, 5.74) is -0.264. The predicted molar refractivity (Wildman–Crippen MR) is 216 cm³/mol. The summed E-state index contributed by atoms with van der Waals surface area (Å²) in [5, 5.41) is 24.7. The van der Waals surface area contributed by atoms with Crippen LogP contribution >= 0.6 is 11.6 Å². The number of carboxylic acid groups (broad SMARTS) is 1. The van der Waals surface area contributed by atoms with E-state index in [1.54, 1.807) is 28.1 Å². The highest BCUT2D eigenvalue weighted by Gasteiger charge is 2.42. The minimum absolute atomic E-state index is 0.00142. The molecule has 61 heavy (non-hydrogen) atoms. The predicted octanol–water partition coefficient (Wildman–Crippen LogP) is 3.04. The van der Waals surface area contributed by atoms with Crippen LogP contribution in [0.5, 0.6) is 0 Å². The first-order valence-electron chi connectivity index (χ1n) is 20.5. The van der Waals surface area contributed by atoms with Gasteiger partial charge in [-0.25, -0.2) is 14.6 Å². The Kier molecular flexibility index (Phi) is 11.8. The summed E-state index contributed by atoms with van der Waals surface area (Å²) in [6.07, 6.45) is 3.55. The van der Waals surface area contributed by atoms with Crippen LogP contribution in [-0.2, 0) is 22.8 Å². The average Bonchev–Trinajstić information content (AvgIpc) is 3.82. The van der Waals surface area contributed by atoms with Gasteiger partial charge in [0.25, 0.3) is 11.8 Å². The van der Waals surface area contributed by atoms with Crippen LogP contribution in [0.15, 0.2) is 48.9 Å². The van der Waals surface area contributed by atoms with Crippen molar-refractivity contribution in [3.8, 4) is 17.1 Å². The fraction of sp³-hybridized carbons (Fsp3) is 0.488. The number of aromatic nitrogens is 5. The maximum Gasteiger partial charge on any atom is 0.435 e. The molecule has 20 heteroatoms. The topological polar surface area (TPSA) is 182 Å². The van der Waals surface area contributed by atoms with Gasteiger partial charge in [-0.3, -0.25) is 14.4 Å². The van der Waals surface area contributed by atoms with Crippen molar-refractivity contribution in [2.24, 2.45) is 18.9 Å². The van der Waals surface area contributed by atoms with Gasteiger partial charge < -0.3 is 44.7 Å². The standard InChI is InChI=1S/C41H47ClF3N11O5/c1-52-33(31-22-55(51-36(31)41(43,44)45)34-8-6-29(20-47-34)49-27-3-2-4-27)21-48-37(52)38(59)50-28-5-7-30(32(42)17-28)40(61)54-13-11-53(12-14-54)39(60)26-9-15-56(16-10-26,24-35(57)58)23-25-18-46-19-25/h5-8,17,20-22,25-27,46,49H,2-4,9-16,18-19,23-24H2,1H3,(H-,50,57,58,59,61). The van der Waals surface area contributed by atoms with Crippen LogP contribution in [0.3, 0.4) is 0 Å². The van der Waals surface area contributed by atoms with Gasteiger partial charge in [-0.2, -0.15) is 18.3 Å². The van der Waals surface area contributed by atoms with Gasteiger partial charge >= 0.3 is 6.18 Å². The quantitative estimate of drug-likeness (QED) is 0.179. The van der Waals surface area contributed by atoms with Crippen LogP contribution < -0.4 is 21.1 Å². The number of halogens is 4. The smallest absolute Gasteiger partial charge is 0.435 e. The Hall–Kier alpha value is -5.53. The number of hydrogen-bond donors (Lipinski definition) is 3. The normalized spacial score (nSPS) is 21.1. The Bertz CT molecular complexity index is 2290. The molecule has 0 atom stereocenters. The number of anilines is 2. The lowest BCUT2D eigenvalue weighted by Crippen LogP contribution is -2.63. The number of nitrogens with one attached hydrogen (secondary N) is 3. The van der Waals surface area contributed by atoms with E-state index in [-0.39, 0.29) is 63.5 Å². The first-order chi connectivity index (χ1) is 29.2. The van der Waals surface area contributed by atoms with Crippen molar-refractivity contribution < 1.29 is 41.9 Å². The van der Waals surface area contributed by atoms with Gasteiger partial charge in [0.15, 0.2) is 17.3 Å². The van der Waals surface area contributed by atoms with E-state index in [9.17, 15) is 37.5 Å². The molecule has 3 aromatic heterocycles. The number of hydrogen-bond acceptors (Lipinski definition) is 10. The highest BCUT2D eigenvalue weighted by atomic mass is 35.5. The second kappa shape index (κ2) is 17.1. The number of nitrogens with zero attached hydrogens (tertiary/aromatic N) is 8. The van der Waals surface area contributed by atoms with Gasteiger partial charge in [-0.15, -0.1) is 0 Å². The van der Waals surface area contributed by atoms with Gasteiger partial charge in [-0.05, 0) is 49.6 Å². The van der Waals surface area contributed by atoms with Gasteiger partial charge in [-0.1, -0.05) is 11.6 Å². The molecule has 0 bridgehead atoms. The summed E-state index contributed by atoms with van der Waals surface area (Å²) in [4.78, 5) is 63.9. The van der Waals surface area contributed by atoms with E-state index >= 15 is 0 Å². The van der Waals surface area contributed by atoms with E-state index < -0.39 is 23.7 Å². The summed E-state index contributed by atoms with van der Waals surface area (Å²) in [6, 6.07) is 8.06. The zero-order valence-corrected chi connectivity index (χ0v) is 34.3. The minimum Gasteiger partial charge on any atom is -0.544 e. The number of piperidine rings is 1. The van der Waals surface area contributed by atoms with Gasteiger partial charge in [0, 0.05) is 88.9 Å². The van der Waals surface area contributed by atoms with Crippen molar-refractivity contribution >= 4 is 46.7 Å². The zero-order valence-electron chi connectivity index (χ0n) is 33.6. The molecule has 0 spiro atoms. The van der Waals surface area contributed by atoms with Crippen molar-refractivity contribution in [2.75, 3.05) is 76.1 Å². The molecule has 4 fully saturated rings. The highest BCUT2D eigenvalue weighted by Crippen LogP contribution is 2.37. The van der Waals surface area contributed by atoms with E-state index in [0.717, 1.165) is 49.3 Å². The summed E-state index contributed by atoms with van der Waals surface area (Å²) in [5.74, 6) is -1.89. The first kappa shape index (κ1) is 42.2. The third-order valence-electron chi connectivity index (χ3n) is 12.5. The van der Waals surface area contributed by atoms with Crippen LogP contribution in [-0.4, -0.2) is 134 Å². The maximum atomic E-state index is 14.3. The number of carbonyl (C=O) groups excluding carboxylic acids is 4. The van der Waals surface area contributed by atoms with Crippen LogP contribution in [0.1, 0.15) is 58.8 Å². The van der Waals surface area contributed by atoms with Gasteiger partial charge in [0.05, 0.1) is 65.5 Å². The fourth-order valence-electron chi connectivity index (χ4n) is 8.73. The second-order valence-electron chi connectivity index (χ2n) is 16.6. The molecule has 3 amide bonds. The number of aliphatic carboxylic acids is 1. The highest BCUT2D eigenvalue weighted by molar-refractivity contribution is 6.34. The summed E-state index contributed by atoms with van der Waals surface area (Å²) >= 11 is 6.57. The van der Waals surface area contributed by atoms with Crippen molar-refractivity contribution in [1.82, 2.24) is 39.4 Å². The molecule has 1 aliphatic carbocycles. The number of imidazole rings is 1. The lowest BCUT2D eigenvalue weighted by atomic mass is 9.90. The number of piperazine rings is 1. The Morgan fingerprint density at radius 3 is 2.25 bits per heavy atom. The van der Waals surface area contributed by atoms with Crippen LogP contribution in [0.25, 0.3) is 17.1 Å². The molecule has 1 aromatic carbocycles. The summed E-state index contributed by atoms with van der Waals surface area (Å²) in [7, 11) is 1.42. The lowest BCUT2D eigenvalue weighted by Gasteiger charge is -2.47. The molecule has 0 radical (unpaired) electrons. The number of pyridine rings is 1. The summed E-state index contributed by atoms with van der Waals surface area (Å²) < 4.78 is 45.5. The third kappa shape index (κ3) is 9.09. The average molecular weight is 866 g/mol. The molecule has 3 aliphatic heterocycles. The van der Waals surface area contributed by atoms with Crippen molar-refractivity contribution in [2.45, 2.75) is 44.3 Å². The van der Waals surface area contributed by atoms with Crippen LogP contribution in [0, 0.1) is 11.8 Å². The Morgan fingerprint density at radius 2 is 1.66 bits per heavy atom. The number of alkyl halides is 3.